The maximum absolute atomic E-state index is 11.7. The summed E-state index contributed by atoms with van der Waals surface area (Å²) in [6.07, 6.45) is 6.23. The normalized spacial score (nSPS) is 20.1. The molecule has 0 radical (unpaired) electrons. The van der Waals surface area contributed by atoms with Crippen LogP contribution in [0, 0.1) is 0 Å². The lowest BCUT2D eigenvalue weighted by atomic mass is 10.0. The van der Waals surface area contributed by atoms with Crippen molar-refractivity contribution in [2.24, 2.45) is 0 Å². The van der Waals surface area contributed by atoms with Gasteiger partial charge in [0.15, 0.2) is 0 Å². The van der Waals surface area contributed by atoms with Gasteiger partial charge in [-0.1, -0.05) is 13.3 Å². The van der Waals surface area contributed by atoms with E-state index in [1.54, 1.807) is 4.90 Å². The van der Waals surface area contributed by atoms with E-state index < -0.39 is 0 Å². The average molecular weight is 255 g/mol. The summed E-state index contributed by atoms with van der Waals surface area (Å²) in [6, 6.07) is 0.660. The molecule has 0 spiro atoms. The largest absolute Gasteiger partial charge is 0.348 e. The van der Waals surface area contributed by atoms with Crippen LogP contribution in [0.25, 0.3) is 0 Å². The number of amides is 1. The summed E-state index contributed by atoms with van der Waals surface area (Å²) >= 11 is 0. The van der Waals surface area contributed by atoms with Crippen LogP contribution in [0.5, 0.6) is 0 Å². The van der Waals surface area contributed by atoms with Gasteiger partial charge in [0.05, 0.1) is 6.54 Å². The minimum Gasteiger partial charge on any atom is -0.348 e. The fourth-order valence-corrected chi connectivity index (χ4v) is 2.43. The summed E-state index contributed by atoms with van der Waals surface area (Å²) in [5, 5.41) is 3.57. The first-order valence-electron chi connectivity index (χ1n) is 7.29. The van der Waals surface area contributed by atoms with Crippen molar-refractivity contribution in [3.05, 3.63) is 0 Å². The Morgan fingerprint density at radius 2 is 2.06 bits per heavy atom. The van der Waals surface area contributed by atoms with Crippen molar-refractivity contribution in [2.75, 3.05) is 40.3 Å². The zero-order valence-corrected chi connectivity index (χ0v) is 12.2. The molecule has 1 fully saturated rings. The molecule has 1 aliphatic heterocycles. The van der Waals surface area contributed by atoms with E-state index in [4.69, 9.17) is 0 Å². The van der Waals surface area contributed by atoms with Crippen molar-refractivity contribution in [3.63, 3.8) is 0 Å². The molecule has 1 saturated heterocycles. The Bertz CT molecular complexity index is 237. The second-order valence-electron chi connectivity index (χ2n) is 5.50. The topological polar surface area (TPSA) is 35.6 Å². The summed E-state index contributed by atoms with van der Waals surface area (Å²) in [5.41, 5.74) is 0. The third-order valence-electron chi connectivity index (χ3n) is 3.60. The van der Waals surface area contributed by atoms with Crippen LogP contribution in [0.1, 0.15) is 39.0 Å². The van der Waals surface area contributed by atoms with Crippen LogP contribution in [0.15, 0.2) is 0 Å². The van der Waals surface area contributed by atoms with Gasteiger partial charge in [0.1, 0.15) is 0 Å². The molecule has 1 aliphatic rings. The highest BCUT2D eigenvalue weighted by Crippen LogP contribution is 2.10. The van der Waals surface area contributed by atoms with Gasteiger partial charge in [0, 0.05) is 26.7 Å². The maximum Gasteiger partial charge on any atom is 0.236 e. The number of likely N-dealkylation sites (N-methyl/N-ethyl adjacent to an activating group) is 1. The fraction of sp³-hybridized carbons (Fsp3) is 0.929. The molecule has 1 amide bonds. The second-order valence-corrected chi connectivity index (χ2v) is 5.50. The molecule has 1 rings (SSSR count). The predicted octanol–water partition coefficient (Wildman–Crippen LogP) is 1.32. The van der Waals surface area contributed by atoms with Gasteiger partial charge in [0.2, 0.25) is 5.91 Å². The molecule has 0 bridgehead atoms. The molecule has 1 heterocycles. The maximum atomic E-state index is 11.7. The van der Waals surface area contributed by atoms with Gasteiger partial charge in [-0.3, -0.25) is 9.69 Å². The van der Waals surface area contributed by atoms with E-state index in [2.05, 4.69) is 17.1 Å². The van der Waals surface area contributed by atoms with Crippen molar-refractivity contribution in [1.29, 1.82) is 0 Å². The Labute approximate surface area is 112 Å². The van der Waals surface area contributed by atoms with Crippen LogP contribution < -0.4 is 5.32 Å². The summed E-state index contributed by atoms with van der Waals surface area (Å²) in [4.78, 5) is 15.7. The van der Waals surface area contributed by atoms with Gasteiger partial charge in [0.25, 0.3) is 0 Å². The number of hydrogen-bond donors (Lipinski definition) is 1. The van der Waals surface area contributed by atoms with E-state index in [0.29, 0.717) is 12.6 Å². The third kappa shape index (κ3) is 5.83. The Balaban J connectivity index is 2.29. The van der Waals surface area contributed by atoms with Crippen LogP contribution in [0.2, 0.25) is 0 Å². The van der Waals surface area contributed by atoms with Crippen molar-refractivity contribution in [1.82, 2.24) is 15.1 Å². The average Bonchev–Trinajstić information content (AvgIpc) is 2.37. The van der Waals surface area contributed by atoms with E-state index in [1.807, 2.05) is 14.1 Å². The number of carbonyl (C=O) groups is 1. The summed E-state index contributed by atoms with van der Waals surface area (Å²) in [6.45, 7) is 5.95. The van der Waals surface area contributed by atoms with Crippen molar-refractivity contribution >= 4 is 5.91 Å². The van der Waals surface area contributed by atoms with Gasteiger partial charge >= 0.3 is 0 Å². The lowest BCUT2D eigenvalue weighted by molar-refractivity contribution is -0.129. The van der Waals surface area contributed by atoms with Gasteiger partial charge in [-0.25, -0.2) is 0 Å². The number of hydrogen-bond acceptors (Lipinski definition) is 3. The van der Waals surface area contributed by atoms with Crippen molar-refractivity contribution in [2.45, 2.75) is 45.1 Å². The molecule has 1 unspecified atom stereocenters. The molecule has 4 heteroatoms. The minimum atomic E-state index is 0.208. The second kappa shape index (κ2) is 8.48. The monoisotopic (exact) mass is 255 g/mol. The Morgan fingerprint density at radius 3 is 2.61 bits per heavy atom. The molecular formula is C14H29N3O. The molecule has 1 atom stereocenters. The number of carbonyl (C=O) groups excluding carboxylic acids is 1. The zero-order valence-electron chi connectivity index (χ0n) is 12.2. The molecule has 18 heavy (non-hydrogen) atoms. The van der Waals surface area contributed by atoms with Gasteiger partial charge in [-0.05, 0) is 38.8 Å². The zero-order chi connectivity index (χ0) is 13.4. The first-order valence-corrected chi connectivity index (χ1v) is 7.29. The van der Waals surface area contributed by atoms with E-state index in [1.165, 1.54) is 25.7 Å². The Hall–Kier alpha value is -0.610. The third-order valence-corrected chi connectivity index (χ3v) is 3.60. The highest BCUT2D eigenvalue weighted by atomic mass is 16.2. The predicted molar refractivity (Wildman–Crippen MR) is 75.7 cm³/mol. The molecule has 0 saturated carbocycles. The van der Waals surface area contributed by atoms with Crippen LogP contribution in [-0.2, 0) is 4.79 Å². The highest BCUT2D eigenvalue weighted by Gasteiger charge is 2.16. The highest BCUT2D eigenvalue weighted by molar-refractivity contribution is 5.77. The first-order chi connectivity index (χ1) is 8.63. The van der Waals surface area contributed by atoms with Crippen LogP contribution in [-0.4, -0.2) is 62.0 Å². The van der Waals surface area contributed by atoms with Gasteiger partial charge < -0.3 is 10.2 Å². The lowest BCUT2D eigenvalue weighted by Gasteiger charge is -2.28. The molecule has 1 N–H and O–H groups in total. The van der Waals surface area contributed by atoms with Crippen molar-refractivity contribution in [3.8, 4) is 0 Å². The molecule has 0 aromatic carbocycles. The lowest BCUT2D eigenvalue weighted by Crippen LogP contribution is -2.41. The van der Waals surface area contributed by atoms with Crippen LogP contribution in [0.3, 0.4) is 0 Å². The molecule has 0 aromatic rings. The van der Waals surface area contributed by atoms with E-state index in [9.17, 15) is 4.79 Å². The van der Waals surface area contributed by atoms with Crippen LogP contribution >= 0.6 is 0 Å². The van der Waals surface area contributed by atoms with Gasteiger partial charge in [-0.15, -0.1) is 0 Å². The van der Waals surface area contributed by atoms with E-state index in [-0.39, 0.29) is 5.91 Å². The van der Waals surface area contributed by atoms with E-state index in [0.717, 1.165) is 26.1 Å². The molecule has 4 nitrogen and oxygen atoms in total. The molecular weight excluding hydrogens is 226 g/mol. The van der Waals surface area contributed by atoms with Crippen LogP contribution in [0.4, 0.5) is 0 Å². The number of nitrogens with zero attached hydrogens (tertiary/aromatic N) is 2. The number of rotatable bonds is 7. The smallest absolute Gasteiger partial charge is 0.236 e. The first kappa shape index (κ1) is 15.4. The van der Waals surface area contributed by atoms with E-state index >= 15 is 0 Å². The fourth-order valence-electron chi connectivity index (χ4n) is 2.43. The molecule has 0 aliphatic carbocycles. The summed E-state index contributed by atoms with van der Waals surface area (Å²) in [7, 11) is 3.66. The van der Waals surface area contributed by atoms with Gasteiger partial charge in [-0.2, -0.15) is 0 Å². The number of piperidine rings is 1. The quantitative estimate of drug-likeness (QED) is 0.745. The molecule has 106 valence electrons. The Morgan fingerprint density at radius 1 is 1.28 bits per heavy atom. The Kier molecular flexibility index (Phi) is 7.28. The minimum absolute atomic E-state index is 0.208. The summed E-state index contributed by atoms with van der Waals surface area (Å²) < 4.78 is 0. The standard InChI is InChI=1S/C14H29N3O/c1-4-10-17(12-14(18)16(2)3)11-8-13-7-5-6-9-15-13/h13,15H,4-12H2,1-3H3. The van der Waals surface area contributed by atoms with Crippen molar-refractivity contribution < 1.29 is 4.79 Å². The SMILES string of the molecule is CCCN(CCC1CCCCN1)CC(=O)N(C)C. The number of nitrogens with one attached hydrogen (secondary N) is 1. The molecule has 0 aromatic heterocycles. The summed E-state index contributed by atoms with van der Waals surface area (Å²) in [5.74, 6) is 0.208.